The van der Waals surface area contributed by atoms with E-state index < -0.39 is 0 Å². The summed E-state index contributed by atoms with van der Waals surface area (Å²) in [7, 11) is 1.93. The number of aryl methyl sites for hydroxylation is 1. The molecular weight excluding hydrogens is 180 g/mol. The average molecular weight is 192 g/mol. The number of hydrogen-bond acceptors (Lipinski definition) is 4. The molecule has 0 aliphatic rings. The third kappa shape index (κ3) is 1.54. The fourth-order valence-electron chi connectivity index (χ4n) is 1.27. The summed E-state index contributed by atoms with van der Waals surface area (Å²) in [5, 5.41) is 3.82. The Kier molecular flexibility index (Phi) is 2.32. The second kappa shape index (κ2) is 3.63. The second-order valence-electron chi connectivity index (χ2n) is 3.06. The molecule has 14 heavy (non-hydrogen) atoms. The maximum Gasteiger partial charge on any atom is 0.274 e. The first-order valence-corrected chi connectivity index (χ1v) is 4.45. The van der Waals surface area contributed by atoms with E-state index in [-0.39, 0.29) is 0 Å². The average Bonchev–Trinajstić information content (AvgIpc) is 2.74. The molecule has 0 bridgehead atoms. The summed E-state index contributed by atoms with van der Waals surface area (Å²) >= 11 is 0. The molecule has 2 heterocycles. The Morgan fingerprint density at radius 3 is 3.07 bits per heavy atom. The predicted molar refractivity (Wildman–Crippen MR) is 51.5 cm³/mol. The molecular formula is C9H12N4O. The van der Waals surface area contributed by atoms with Gasteiger partial charge < -0.3 is 14.8 Å². The molecule has 0 spiro atoms. The number of nitrogens with two attached hydrogens (primary N) is 1. The van der Waals surface area contributed by atoms with Crippen molar-refractivity contribution in [3.63, 3.8) is 0 Å². The zero-order chi connectivity index (χ0) is 9.97. The summed E-state index contributed by atoms with van der Waals surface area (Å²) in [4.78, 5) is 4.22. The quantitative estimate of drug-likeness (QED) is 0.772. The van der Waals surface area contributed by atoms with E-state index >= 15 is 0 Å². The van der Waals surface area contributed by atoms with Crippen LogP contribution in [0.5, 0.6) is 0 Å². The van der Waals surface area contributed by atoms with E-state index in [4.69, 9.17) is 10.3 Å². The van der Waals surface area contributed by atoms with Gasteiger partial charge in [0.25, 0.3) is 5.89 Å². The molecule has 5 heteroatoms. The molecule has 0 saturated heterocycles. The Morgan fingerprint density at radius 2 is 2.43 bits per heavy atom. The molecule has 74 valence electrons. The summed E-state index contributed by atoms with van der Waals surface area (Å²) in [6.45, 7) is 0.534. The van der Waals surface area contributed by atoms with Crippen LogP contribution in [0.15, 0.2) is 22.9 Å². The molecule has 0 amide bonds. The fourth-order valence-corrected chi connectivity index (χ4v) is 1.27. The Hall–Kier alpha value is -1.62. The van der Waals surface area contributed by atoms with Gasteiger partial charge in [-0.25, -0.2) is 0 Å². The lowest BCUT2D eigenvalue weighted by Gasteiger charge is -1.94. The van der Waals surface area contributed by atoms with Crippen LogP contribution in [-0.4, -0.2) is 21.3 Å². The van der Waals surface area contributed by atoms with Crippen LogP contribution in [0.2, 0.25) is 0 Å². The Bertz CT molecular complexity index is 418. The van der Waals surface area contributed by atoms with Gasteiger partial charge in [0, 0.05) is 19.7 Å². The van der Waals surface area contributed by atoms with Crippen molar-refractivity contribution in [2.75, 3.05) is 6.54 Å². The molecule has 0 radical (unpaired) electrons. The van der Waals surface area contributed by atoms with Crippen LogP contribution in [0.3, 0.4) is 0 Å². The van der Waals surface area contributed by atoms with Crippen LogP contribution in [-0.2, 0) is 13.5 Å². The monoisotopic (exact) mass is 192 g/mol. The van der Waals surface area contributed by atoms with Crippen molar-refractivity contribution >= 4 is 0 Å². The van der Waals surface area contributed by atoms with E-state index in [0.717, 1.165) is 5.69 Å². The van der Waals surface area contributed by atoms with E-state index in [2.05, 4.69) is 10.1 Å². The SMILES string of the molecule is Cn1cccc1-c1nc(CCN)no1. The molecule has 2 rings (SSSR count). The number of nitrogens with zero attached hydrogens (tertiary/aromatic N) is 3. The molecule has 0 unspecified atom stereocenters. The van der Waals surface area contributed by atoms with Crippen molar-refractivity contribution in [1.29, 1.82) is 0 Å². The Labute approximate surface area is 81.5 Å². The van der Waals surface area contributed by atoms with Crippen molar-refractivity contribution in [2.45, 2.75) is 6.42 Å². The van der Waals surface area contributed by atoms with Crippen LogP contribution in [0.1, 0.15) is 5.82 Å². The van der Waals surface area contributed by atoms with E-state index in [1.807, 2.05) is 29.9 Å². The van der Waals surface area contributed by atoms with Gasteiger partial charge in [-0.15, -0.1) is 0 Å². The first kappa shape index (κ1) is 8.96. The largest absolute Gasteiger partial charge is 0.347 e. The van der Waals surface area contributed by atoms with Crippen molar-refractivity contribution in [3.05, 3.63) is 24.2 Å². The van der Waals surface area contributed by atoms with Gasteiger partial charge >= 0.3 is 0 Å². The molecule has 0 fully saturated rings. The molecule has 0 atom stereocenters. The molecule has 0 saturated carbocycles. The van der Waals surface area contributed by atoms with E-state index in [1.54, 1.807) is 0 Å². The zero-order valence-corrected chi connectivity index (χ0v) is 7.97. The predicted octanol–water partition coefficient (Wildman–Crippen LogP) is 0.576. The van der Waals surface area contributed by atoms with Crippen molar-refractivity contribution in [2.24, 2.45) is 12.8 Å². The van der Waals surface area contributed by atoms with E-state index in [9.17, 15) is 0 Å². The lowest BCUT2D eigenvalue weighted by atomic mass is 10.4. The smallest absolute Gasteiger partial charge is 0.274 e. The number of aromatic nitrogens is 3. The highest BCUT2D eigenvalue weighted by Gasteiger charge is 2.09. The minimum atomic E-state index is 0.534. The van der Waals surface area contributed by atoms with Crippen LogP contribution >= 0.6 is 0 Å². The molecule has 5 nitrogen and oxygen atoms in total. The summed E-state index contributed by atoms with van der Waals surface area (Å²) in [5.74, 6) is 1.20. The summed E-state index contributed by atoms with van der Waals surface area (Å²) < 4.78 is 7.04. The molecule has 0 aromatic carbocycles. The van der Waals surface area contributed by atoms with Gasteiger partial charge in [0.05, 0.1) is 0 Å². The minimum absolute atomic E-state index is 0.534. The molecule has 2 aromatic rings. The van der Waals surface area contributed by atoms with E-state index in [0.29, 0.717) is 24.7 Å². The molecule has 2 aromatic heterocycles. The first-order valence-electron chi connectivity index (χ1n) is 4.45. The Balaban J connectivity index is 2.29. The fraction of sp³-hybridized carbons (Fsp3) is 0.333. The highest BCUT2D eigenvalue weighted by atomic mass is 16.5. The van der Waals surface area contributed by atoms with Gasteiger partial charge in [-0.1, -0.05) is 5.16 Å². The standard InChI is InChI=1S/C9H12N4O/c1-13-6-2-3-7(13)9-11-8(4-5-10)12-14-9/h2-3,6H,4-5,10H2,1H3. The lowest BCUT2D eigenvalue weighted by Crippen LogP contribution is -2.03. The highest BCUT2D eigenvalue weighted by molar-refractivity contribution is 5.47. The van der Waals surface area contributed by atoms with Gasteiger partial charge in [0.1, 0.15) is 5.69 Å². The third-order valence-corrected chi connectivity index (χ3v) is 2.00. The lowest BCUT2D eigenvalue weighted by molar-refractivity contribution is 0.420. The van der Waals surface area contributed by atoms with Gasteiger partial charge in [0.2, 0.25) is 0 Å². The number of hydrogen-bond donors (Lipinski definition) is 1. The molecule has 0 aliphatic carbocycles. The number of rotatable bonds is 3. The summed E-state index contributed by atoms with van der Waals surface area (Å²) in [6.07, 6.45) is 2.58. The summed E-state index contributed by atoms with van der Waals surface area (Å²) in [6, 6.07) is 3.86. The van der Waals surface area contributed by atoms with Crippen molar-refractivity contribution in [1.82, 2.24) is 14.7 Å². The minimum Gasteiger partial charge on any atom is -0.347 e. The second-order valence-corrected chi connectivity index (χ2v) is 3.06. The zero-order valence-electron chi connectivity index (χ0n) is 7.97. The topological polar surface area (TPSA) is 69.9 Å². The Morgan fingerprint density at radius 1 is 1.57 bits per heavy atom. The molecule has 2 N–H and O–H groups in total. The summed E-state index contributed by atoms with van der Waals surface area (Å²) in [5.41, 5.74) is 6.31. The van der Waals surface area contributed by atoms with Gasteiger partial charge in [0.15, 0.2) is 5.82 Å². The maximum atomic E-state index is 5.39. The van der Waals surface area contributed by atoms with Crippen LogP contribution < -0.4 is 5.73 Å². The van der Waals surface area contributed by atoms with Gasteiger partial charge in [-0.05, 0) is 18.7 Å². The highest BCUT2D eigenvalue weighted by Crippen LogP contribution is 2.16. The molecule has 0 aliphatic heterocycles. The first-order chi connectivity index (χ1) is 6.81. The van der Waals surface area contributed by atoms with Crippen molar-refractivity contribution in [3.8, 4) is 11.6 Å². The maximum absolute atomic E-state index is 5.39. The van der Waals surface area contributed by atoms with Crippen LogP contribution in [0, 0.1) is 0 Å². The van der Waals surface area contributed by atoms with Crippen molar-refractivity contribution < 1.29 is 4.52 Å². The normalized spacial score (nSPS) is 10.7. The van der Waals surface area contributed by atoms with Crippen LogP contribution in [0.4, 0.5) is 0 Å². The third-order valence-electron chi connectivity index (χ3n) is 2.00. The van der Waals surface area contributed by atoms with Crippen LogP contribution in [0.25, 0.3) is 11.6 Å². The van der Waals surface area contributed by atoms with Gasteiger partial charge in [-0.2, -0.15) is 4.98 Å². The van der Waals surface area contributed by atoms with E-state index in [1.165, 1.54) is 0 Å². The van der Waals surface area contributed by atoms with Gasteiger partial charge in [-0.3, -0.25) is 0 Å².